The van der Waals surface area contributed by atoms with E-state index in [0.717, 1.165) is 12.0 Å². The largest absolute Gasteiger partial charge is 0.508 e. The van der Waals surface area contributed by atoms with Gasteiger partial charge in [0.25, 0.3) is 0 Å². The second kappa shape index (κ2) is 5.59. The third kappa shape index (κ3) is 2.81. The van der Waals surface area contributed by atoms with Crippen molar-refractivity contribution in [1.82, 2.24) is 0 Å². The molecule has 3 aromatic carbocycles. The van der Waals surface area contributed by atoms with Gasteiger partial charge in [-0.15, -0.1) is 0 Å². The molecule has 0 spiro atoms. The summed E-state index contributed by atoms with van der Waals surface area (Å²) in [4.78, 5) is 0. The Hall–Kier alpha value is -1.93. The Kier molecular flexibility index (Phi) is 3.66. The van der Waals surface area contributed by atoms with Crippen molar-refractivity contribution in [3.8, 4) is 5.75 Å². The van der Waals surface area contributed by atoms with E-state index in [0.29, 0.717) is 5.75 Å². The fraction of sp³-hybridized carbons (Fsp3) is 0.111. The van der Waals surface area contributed by atoms with Gasteiger partial charge in [-0.05, 0) is 40.5 Å². The van der Waals surface area contributed by atoms with Crippen LogP contribution in [-0.2, 0) is 6.42 Å². The highest BCUT2D eigenvalue weighted by molar-refractivity contribution is 7.80. The van der Waals surface area contributed by atoms with Crippen molar-refractivity contribution in [1.29, 1.82) is 0 Å². The van der Waals surface area contributed by atoms with Gasteiger partial charge in [-0.3, -0.25) is 0 Å². The second-order valence-electron chi connectivity index (χ2n) is 4.99. The lowest BCUT2D eigenvalue weighted by Crippen LogP contribution is -1.95. The predicted molar refractivity (Wildman–Crippen MR) is 87.5 cm³/mol. The van der Waals surface area contributed by atoms with Crippen LogP contribution in [0, 0.1) is 0 Å². The zero-order valence-corrected chi connectivity index (χ0v) is 11.9. The Bertz CT molecular complexity index is 719. The number of hydrogen-bond acceptors (Lipinski definition) is 2. The highest BCUT2D eigenvalue weighted by Gasteiger charge is 2.08. The van der Waals surface area contributed by atoms with E-state index < -0.39 is 0 Å². The maximum Gasteiger partial charge on any atom is 0.115 e. The Morgan fingerprint density at radius 2 is 1.55 bits per heavy atom. The smallest absolute Gasteiger partial charge is 0.115 e. The molecular weight excluding hydrogens is 264 g/mol. The molecule has 3 aromatic rings. The number of hydrogen-bond donors (Lipinski definition) is 2. The van der Waals surface area contributed by atoms with Crippen molar-refractivity contribution in [3.63, 3.8) is 0 Å². The summed E-state index contributed by atoms with van der Waals surface area (Å²) < 4.78 is 0. The Morgan fingerprint density at radius 1 is 0.850 bits per heavy atom. The van der Waals surface area contributed by atoms with Gasteiger partial charge < -0.3 is 5.11 Å². The van der Waals surface area contributed by atoms with Gasteiger partial charge in [0.1, 0.15) is 5.75 Å². The minimum absolute atomic E-state index is 0.136. The summed E-state index contributed by atoms with van der Waals surface area (Å²) in [6.07, 6.45) is 0.874. The van der Waals surface area contributed by atoms with E-state index in [9.17, 15) is 5.11 Å². The van der Waals surface area contributed by atoms with Crippen LogP contribution in [0.25, 0.3) is 10.8 Å². The molecule has 1 nitrogen and oxygen atoms in total. The first-order chi connectivity index (χ1) is 9.72. The minimum atomic E-state index is 0.136. The summed E-state index contributed by atoms with van der Waals surface area (Å²) in [5.41, 5.74) is 2.40. The lowest BCUT2D eigenvalue weighted by Gasteiger charge is -2.12. The maximum atomic E-state index is 9.32. The van der Waals surface area contributed by atoms with Crippen molar-refractivity contribution in [2.24, 2.45) is 0 Å². The number of phenols is 1. The van der Waals surface area contributed by atoms with E-state index in [1.807, 2.05) is 12.1 Å². The summed E-state index contributed by atoms with van der Waals surface area (Å²) in [5.74, 6) is 0.292. The average Bonchev–Trinajstić information content (AvgIpc) is 2.48. The summed E-state index contributed by atoms with van der Waals surface area (Å²) in [6, 6.07) is 22.2. The van der Waals surface area contributed by atoms with E-state index in [2.05, 4.69) is 55.1 Å². The van der Waals surface area contributed by atoms with Crippen molar-refractivity contribution >= 4 is 23.4 Å². The standard InChI is InChI=1S/C18H16OS/c19-17-9-7-15(8-10-17)18(20)12-13-5-6-14-3-1-2-4-16(14)11-13/h1-11,18-20H,12H2. The topological polar surface area (TPSA) is 20.2 Å². The molecule has 2 heteroatoms. The molecule has 20 heavy (non-hydrogen) atoms. The molecule has 0 amide bonds. The summed E-state index contributed by atoms with van der Waals surface area (Å²) in [5, 5.41) is 12.0. The van der Waals surface area contributed by atoms with Gasteiger partial charge in [-0.1, -0.05) is 54.6 Å². The molecule has 3 rings (SSSR count). The molecule has 1 unspecified atom stereocenters. The van der Waals surface area contributed by atoms with E-state index in [1.54, 1.807) is 12.1 Å². The molecule has 0 bridgehead atoms. The number of benzene rings is 3. The third-order valence-electron chi connectivity index (χ3n) is 3.52. The molecule has 0 aromatic heterocycles. The van der Waals surface area contributed by atoms with Crippen molar-refractivity contribution in [2.75, 3.05) is 0 Å². The molecular formula is C18H16OS. The molecule has 1 atom stereocenters. The summed E-state index contributed by atoms with van der Waals surface area (Å²) in [7, 11) is 0. The molecule has 0 saturated carbocycles. The Morgan fingerprint density at radius 3 is 2.30 bits per heavy atom. The predicted octanol–water partition coefficient (Wildman–Crippen LogP) is 4.76. The van der Waals surface area contributed by atoms with Gasteiger partial charge in [-0.25, -0.2) is 0 Å². The molecule has 0 aliphatic carbocycles. The van der Waals surface area contributed by atoms with Crippen LogP contribution in [0.4, 0.5) is 0 Å². The van der Waals surface area contributed by atoms with Crippen molar-refractivity contribution < 1.29 is 5.11 Å². The van der Waals surface area contributed by atoms with Crippen LogP contribution in [-0.4, -0.2) is 5.11 Å². The molecule has 0 aliphatic heterocycles. The molecule has 1 N–H and O–H groups in total. The quantitative estimate of drug-likeness (QED) is 0.663. The number of aromatic hydroxyl groups is 1. The van der Waals surface area contributed by atoms with E-state index in [-0.39, 0.29) is 5.25 Å². The lowest BCUT2D eigenvalue weighted by atomic mass is 10.0. The molecule has 0 saturated heterocycles. The van der Waals surface area contributed by atoms with Crippen LogP contribution in [0.1, 0.15) is 16.4 Å². The fourth-order valence-corrected chi connectivity index (χ4v) is 2.79. The molecule has 100 valence electrons. The van der Waals surface area contributed by atoms with Gasteiger partial charge in [0.2, 0.25) is 0 Å². The van der Waals surface area contributed by atoms with Crippen molar-refractivity contribution in [3.05, 3.63) is 77.9 Å². The van der Waals surface area contributed by atoms with Crippen LogP contribution < -0.4 is 0 Å². The van der Waals surface area contributed by atoms with E-state index in [4.69, 9.17) is 0 Å². The van der Waals surface area contributed by atoms with E-state index >= 15 is 0 Å². The number of thiol groups is 1. The maximum absolute atomic E-state index is 9.32. The van der Waals surface area contributed by atoms with Crippen LogP contribution in [0.5, 0.6) is 5.75 Å². The number of phenolic OH excluding ortho intramolecular Hbond substituents is 1. The summed E-state index contributed by atoms with van der Waals surface area (Å²) in [6.45, 7) is 0. The number of fused-ring (bicyclic) bond motifs is 1. The Labute approximate surface area is 124 Å². The van der Waals surface area contributed by atoms with Gasteiger partial charge in [-0.2, -0.15) is 12.6 Å². The molecule has 0 radical (unpaired) electrons. The Balaban J connectivity index is 1.83. The minimum Gasteiger partial charge on any atom is -0.508 e. The van der Waals surface area contributed by atoms with Gasteiger partial charge in [0.15, 0.2) is 0 Å². The van der Waals surface area contributed by atoms with Gasteiger partial charge in [0, 0.05) is 5.25 Å². The zero-order valence-electron chi connectivity index (χ0n) is 11.0. The second-order valence-corrected chi connectivity index (χ2v) is 5.62. The molecule has 0 aliphatic rings. The van der Waals surface area contributed by atoms with Crippen molar-refractivity contribution in [2.45, 2.75) is 11.7 Å². The fourth-order valence-electron chi connectivity index (χ4n) is 2.40. The lowest BCUT2D eigenvalue weighted by molar-refractivity contribution is 0.475. The molecule has 0 heterocycles. The monoisotopic (exact) mass is 280 g/mol. The van der Waals surface area contributed by atoms with Gasteiger partial charge >= 0.3 is 0 Å². The van der Waals surface area contributed by atoms with Gasteiger partial charge in [0.05, 0.1) is 0 Å². The zero-order chi connectivity index (χ0) is 13.9. The van der Waals surface area contributed by atoms with Crippen LogP contribution in [0.3, 0.4) is 0 Å². The van der Waals surface area contributed by atoms with Crippen LogP contribution >= 0.6 is 12.6 Å². The first-order valence-electron chi connectivity index (χ1n) is 6.67. The van der Waals surface area contributed by atoms with E-state index in [1.165, 1.54) is 16.3 Å². The first kappa shape index (κ1) is 13.1. The third-order valence-corrected chi connectivity index (χ3v) is 4.00. The molecule has 0 fully saturated rings. The SMILES string of the molecule is Oc1ccc(C(S)Cc2ccc3ccccc3c2)cc1. The summed E-state index contributed by atoms with van der Waals surface area (Å²) >= 11 is 4.68. The first-order valence-corrected chi connectivity index (χ1v) is 7.19. The highest BCUT2D eigenvalue weighted by atomic mass is 32.1. The highest BCUT2D eigenvalue weighted by Crippen LogP contribution is 2.27. The van der Waals surface area contributed by atoms with Crippen LogP contribution in [0.15, 0.2) is 66.7 Å². The van der Waals surface area contributed by atoms with Crippen LogP contribution in [0.2, 0.25) is 0 Å². The number of rotatable bonds is 3. The average molecular weight is 280 g/mol. The normalized spacial score (nSPS) is 12.4.